The van der Waals surface area contributed by atoms with Gasteiger partial charge in [0.2, 0.25) is 0 Å². The number of amidine groups is 1. The maximum absolute atomic E-state index is 12.5. The minimum atomic E-state index is -3.86. The third-order valence-electron chi connectivity index (χ3n) is 4.52. The van der Waals surface area contributed by atoms with Crippen LogP contribution in [0.1, 0.15) is 29.5 Å². The molecule has 2 heterocycles. The van der Waals surface area contributed by atoms with Crippen molar-refractivity contribution in [3.05, 3.63) is 56.7 Å². The summed E-state index contributed by atoms with van der Waals surface area (Å²) >= 11 is 2.04. The van der Waals surface area contributed by atoms with E-state index in [-0.39, 0.29) is 22.9 Å². The maximum Gasteiger partial charge on any atom is 0.286 e. The van der Waals surface area contributed by atoms with Crippen molar-refractivity contribution in [1.29, 1.82) is 0 Å². The highest BCUT2D eigenvalue weighted by Gasteiger charge is 2.27. The number of benzene rings is 2. The Balaban J connectivity index is 1.42. The second kappa shape index (κ2) is 7.16. The standard InChI is InChI=1S/C19H16IN3O3S/c20-15-6-7-16-18(9-15)27(25,26)23-19(22-16)17(24)3-1-2-12-4-5-13-10-21-11-14(13)8-12/h4-10H,1-3,11H2,(H,22,23). The number of fused-ring (bicyclic) bond motifs is 2. The first-order valence-corrected chi connectivity index (χ1v) is 11.0. The Kier molecular flexibility index (Phi) is 4.85. The van der Waals surface area contributed by atoms with E-state index in [0.717, 1.165) is 21.1 Å². The van der Waals surface area contributed by atoms with Crippen molar-refractivity contribution in [2.45, 2.75) is 30.7 Å². The smallest absolute Gasteiger partial charge is 0.286 e. The van der Waals surface area contributed by atoms with E-state index in [1.54, 1.807) is 18.2 Å². The molecule has 2 aliphatic rings. The van der Waals surface area contributed by atoms with E-state index in [4.69, 9.17) is 0 Å². The Morgan fingerprint density at radius 2 is 2.04 bits per heavy atom. The molecule has 2 aromatic carbocycles. The number of carbonyl (C=O) groups excluding carboxylic acids is 1. The van der Waals surface area contributed by atoms with E-state index in [1.807, 2.05) is 40.9 Å². The summed E-state index contributed by atoms with van der Waals surface area (Å²) in [6.45, 7) is 0.707. The van der Waals surface area contributed by atoms with Crippen molar-refractivity contribution in [2.24, 2.45) is 9.39 Å². The summed E-state index contributed by atoms with van der Waals surface area (Å²) in [7, 11) is -3.86. The number of nitrogens with one attached hydrogen (secondary N) is 1. The highest BCUT2D eigenvalue weighted by atomic mass is 127. The predicted octanol–water partition coefficient (Wildman–Crippen LogP) is 3.33. The predicted molar refractivity (Wildman–Crippen MR) is 113 cm³/mol. The third-order valence-corrected chi connectivity index (χ3v) is 6.51. The second-order valence-corrected chi connectivity index (χ2v) is 9.28. The summed E-state index contributed by atoms with van der Waals surface area (Å²) < 4.78 is 29.2. The number of nitrogens with zero attached hydrogens (tertiary/aromatic N) is 2. The molecule has 0 atom stereocenters. The lowest BCUT2D eigenvalue weighted by Crippen LogP contribution is -2.29. The van der Waals surface area contributed by atoms with Crippen molar-refractivity contribution in [1.82, 2.24) is 0 Å². The summed E-state index contributed by atoms with van der Waals surface area (Å²) in [6.07, 6.45) is 3.47. The van der Waals surface area contributed by atoms with Crippen LogP contribution in [0.2, 0.25) is 0 Å². The van der Waals surface area contributed by atoms with Gasteiger partial charge in [0.15, 0.2) is 11.6 Å². The van der Waals surface area contributed by atoms with Crippen molar-refractivity contribution < 1.29 is 13.2 Å². The zero-order valence-electron chi connectivity index (χ0n) is 14.3. The van der Waals surface area contributed by atoms with Crippen LogP contribution in [0, 0.1) is 3.57 Å². The van der Waals surface area contributed by atoms with Gasteiger partial charge < -0.3 is 5.32 Å². The van der Waals surface area contributed by atoms with E-state index in [2.05, 4.69) is 20.8 Å². The van der Waals surface area contributed by atoms with Gasteiger partial charge in [-0.2, -0.15) is 8.42 Å². The molecule has 27 heavy (non-hydrogen) atoms. The summed E-state index contributed by atoms with van der Waals surface area (Å²) in [5.74, 6) is -0.404. The van der Waals surface area contributed by atoms with E-state index in [9.17, 15) is 13.2 Å². The molecule has 0 bridgehead atoms. The number of aliphatic imine (C=N–C) groups is 1. The maximum atomic E-state index is 12.5. The summed E-state index contributed by atoms with van der Waals surface area (Å²) in [5.41, 5.74) is 3.90. The Bertz CT molecular complexity index is 1110. The number of ketones is 1. The lowest BCUT2D eigenvalue weighted by Gasteiger charge is -2.17. The zero-order chi connectivity index (χ0) is 19.0. The number of halogens is 1. The fourth-order valence-corrected chi connectivity index (χ4v) is 5.01. The minimum absolute atomic E-state index is 0.103. The van der Waals surface area contributed by atoms with Crippen molar-refractivity contribution >= 4 is 56.1 Å². The highest BCUT2D eigenvalue weighted by molar-refractivity contribution is 14.1. The lowest BCUT2D eigenvalue weighted by atomic mass is 10.0. The molecule has 1 N–H and O–H groups in total. The van der Waals surface area contributed by atoms with Gasteiger partial charge in [-0.3, -0.25) is 9.79 Å². The molecular weight excluding hydrogens is 477 g/mol. The topological polar surface area (TPSA) is 88.0 Å². The largest absolute Gasteiger partial charge is 0.335 e. The van der Waals surface area contributed by atoms with Crippen LogP contribution < -0.4 is 5.32 Å². The molecule has 0 amide bonds. The van der Waals surface area contributed by atoms with Gasteiger partial charge in [0.05, 0.1) is 12.2 Å². The fraction of sp³-hybridized carbons (Fsp3) is 0.211. The average molecular weight is 493 g/mol. The Morgan fingerprint density at radius 3 is 2.89 bits per heavy atom. The lowest BCUT2D eigenvalue weighted by molar-refractivity contribution is -0.113. The molecule has 2 aliphatic heterocycles. The molecular formula is C19H16IN3O3S. The van der Waals surface area contributed by atoms with Crippen LogP contribution in [-0.4, -0.2) is 26.3 Å². The minimum Gasteiger partial charge on any atom is -0.335 e. The van der Waals surface area contributed by atoms with Gasteiger partial charge in [0.25, 0.3) is 10.0 Å². The molecule has 0 aliphatic carbocycles. The molecule has 0 fully saturated rings. The first-order valence-electron chi connectivity index (χ1n) is 8.49. The molecule has 0 saturated heterocycles. The van der Waals surface area contributed by atoms with E-state index in [0.29, 0.717) is 18.7 Å². The fourth-order valence-electron chi connectivity index (χ4n) is 3.14. The normalized spacial score (nSPS) is 16.3. The second-order valence-electron chi connectivity index (χ2n) is 6.46. The quantitative estimate of drug-likeness (QED) is 0.648. The molecule has 8 heteroatoms. The molecule has 0 aromatic heterocycles. The van der Waals surface area contributed by atoms with Crippen molar-refractivity contribution in [2.75, 3.05) is 5.32 Å². The average Bonchev–Trinajstić information content (AvgIpc) is 3.09. The van der Waals surface area contributed by atoms with Crippen LogP contribution in [0.5, 0.6) is 0 Å². The number of sulfonamides is 1. The number of anilines is 1. The molecule has 0 radical (unpaired) electrons. The van der Waals surface area contributed by atoms with Crippen LogP contribution in [-0.2, 0) is 27.8 Å². The van der Waals surface area contributed by atoms with Crippen LogP contribution in [0.25, 0.3) is 0 Å². The van der Waals surface area contributed by atoms with Crippen molar-refractivity contribution in [3.63, 3.8) is 0 Å². The summed E-state index contributed by atoms with van der Waals surface area (Å²) in [6, 6.07) is 11.2. The Hall–Kier alpha value is -2.07. The van der Waals surface area contributed by atoms with Gasteiger partial charge in [-0.05, 0) is 70.3 Å². The van der Waals surface area contributed by atoms with E-state index < -0.39 is 10.0 Å². The summed E-state index contributed by atoms with van der Waals surface area (Å²) in [4.78, 5) is 16.8. The monoisotopic (exact) mass is 493 g/mol. The van der Waals surface area contributed by atoms with Crippen LogP contribution in [0.4, 0.5) is 5.69 Å². The molecule has 0 spiro atoms. The molecule has 2 aromatic rings. The van der Waals surface area contributed by atoms with Gasteiger partial charge in [-0.15, -0.1) is 4.40 Å². The van der Waals surface area contributed by atoms with E-state index >= 15 is 0 Å². The number of Topliss-reactive ketones (excluding diaryl/α,β-unsaturated/α-hetero) is 1. The van der Waals surface area contributed by atoms with Crippen LogP contribution >= 0.6 is 22.6 Å². The zero-order valence-corrected chi connectivity index (χ0v) is 17.2. The molecule has 0 saturated carbocycles. The molecule has 6 nitrogen and oxygen atoms in total. The van der Waals surface area contributed by atoms with Crippen LogP contribution in [0.3, 0.4) is 0 Å². The van der Waals surface area contributed by atoms with Gasteiger partial charge in [0.1, 0.15) is 4.90 Å². The van der Waals surface area contributed by atoms with Gasteiger partial charge >= 0.3 is 0 Å². The number of hydrogen-bond donors (Lipinski definition) is 1. The van der Waals surface area contributed by atoms with Gasteiger partial charge in [0, 0.05) is 16.2 Å². The summed E-state index contributed by atoms with van der Waals surface area (Å²) in [5, 5.41) is 2.86. The first-order chi connectivity index (χ1) is 12.9. The van der Waals surface area contributed by atoms with Gasteiger partial charge in [-0.1, -0.05) is 18.2 Å². The number of rotatable bonds is 5. The third kappa shape index (κ3) is 3.81. The SMILES string of the molecule is O=C(CCCc1ccc2c(c1)CN=C2)C1=NS(=O)(=O)c2cc(I)ccc2N1. The van der Waals surface area contributed by atoms with Crippen molar-refractivity contribution in [3.8, 4) is 0 Å². The Labute approximate surface area is 171 Å². The Morgan fingerprint density at radius 1 is 1.19 bits per heavy atom. The number of aryl methyl sites for hydroxylation is 1. The molecule has 138 valence electrons. The molecule has 0 unspecified atom stereocenters. The highest BCUT2D eigenvalue weighted by Crippen LogP contribution is 2.29. The van der Waals surface area contributed by atoms with Gasteiger partial charge in [-0.25, -0.2) is 0 Å². The van der Waals surface area contributed by atoms with Crippen LogP contribution in [0.15, 0.2) is 50.7 Å². The number of hydrogen-bond acceptors (Lipinski definition) is 5. The molecule has 4 rings (SSSR count). The number of carbonyl (C=O) groups is 1. The van der Waals surface area contributed by atoms with E-state index in [1.165, 1.54) is 5.56 Å². The first kappa shape index (κ1) is 18.3.